The lowest BCUT2D eigenvalue weighted by Crippen LogP contribution is -2.14. The van der Waals surface area contributed by atoms with Crippen LogP contribution in [0.5, 0.6) is 5.88 Å². The Labute approximate surface area is 86.4 Å². The Balaban J connectivity index is 2.92. The van der Waals surface area contributed by atoms with E-state index in [9.17, 15) is 10.1 Å². The molecule has 0 saturated heterocycles. The maximum Gasteiger partial charge on any atom is 0.331 e. The molecular formula is C8H12N4O3. The number of nitrogens with two attached hydrogens (primary N) is 1. The third-order valence-corrected chi connectivity index (χ3v) is 1.68. The van der Waals surface area contributed by atoms with Crippen molar-refractivity contribution in [1.82, 2.24) is 4.98 Å². The van der Waals surface area contributed by atoms with Crippen molar-refractivity contribution in [3.8, 4) is 5.88 Å². The summed E-state index contributed by atoms with van der Waals surface area (Å²) in [6.45, 7) is 1.01. The molecule has 0 amide bonds. The zero-order chi connectivity index (χ0) is 11.3. The molecule has 82 valence electrons. The minimum Gasteiger partial charge on any atom is -0.476 e. The smallest absolute Gasteiger partial charge is 0.331 e. The van der Waals surface area contributed by atoms with Crippen LogP contribution in [0, 0.1) is 10.1 Å². The van der Waals surface area contributed by atoms with Crippen molar-refractivity contribution in [2.24, 2.45) is 5.73 Å². The number of hydrogen-bond donors (Lipinski definition) is 2. The van der Waals surface area contributed by atoms with Crippen molar-refractivity contribution in [3.05, 3.63) is 22.2 Å². The number of aromatic nitrogens is 1. The molecule has 15 heavy (non-hydrogen) atoms. The number of anilines is 1. The average Bonchev–Trinajstić information content (AvgIpc) is 2.25. The number of nitrogens with one attached hydrogen (secondary N) is 1. The largest absolute Gasteiger partial charge is 0.476 e. The van der Waals surface area contributed by atoms with Crippen LogP contribution < -0.4 is 15.8 Å². The molecule has 0 aliphatic heterocycles. The maximum atomic E-state index is 10.6. The highest BCUT2D eigenvalue weighted by atomic mass is 16.6. The molecule has 3 N–H and O–H groups in total. The van der Waals surface area contributed by atoms with E-state index in [1.807, 2.05) is 0 Å². The van der Waals surface area contributed by atoms with E-state index >= 15 is 0 Å². The lowest BCUT2D eigenvalue weighted by atomic mass is 10.4. The molecule has 1 aromatic heterocycles. The molecule has 0 aliphatic carbocycles. The van der Waals surface area contributed by atoms with Crippen molar-refractivity contribution in [2.75, 3.05) is 25.5 Å². The predicted octanol–water partition coefficient (Wildman–Crippen LogP) is 0.369. The van der Waals surface area contributed by atoms with Gasteiger partial charge in [0.05, 0.1) is 12.0 Å². The van der Waals surface area contributed by atoms with Gasteiger partial charge in [0.2, 0.25) is 0 Å². The second-order valence-electron chi connectivity index (χ2n) is 2.70. The van der Waals surface area contributed by atoms with E-state index in [-0.39, 0.29) is 11.6 Å². The van der Waals surface area contributed by atoms with Crippen LogP contribution in [-0.4, -0.2) is 30.1 Å². The highest BCUT2D eigenvalue weighted by Gasteiger charge is 2.16. The molecule has 0 radical (unpaired) electrons. The van der Waals surface area contributed by atoms with E-state index in [0.717, 1.165) is 0 Å². The van der Waals surface area contributed by atoms with Gasteiger partial charge in [0, 0.05) is 19.2 Å². The van der Waals surface area contributed by atoms with Gasteiger partial charge in [0.15, 0.2) is 0 Å². The highest BCUT2D eigenvalue weighted by molar-refractivity contribution is 5.48. The van der Waals surface area contributed by atoms with Crippen LogP contribution in [0.25, 0.3) is 0 Å². The van der Waals surface area contributed by atoms with Gasteiger partial charge in [-0.3, -0.25) is 10.1 Å². The van der Waals surface area contributed by atoms with Crippen LogP contribution >= 0.6 is 0 Å². The number of pyridine rings is 1. The van der Waals surface area contributed by atoms with Gasteiger partial charge in [-0.1, -0.05) is 0 Å². The summed E-state index contributed by atoms with van der Waals surface area (Å²) in [6, 6.07) is 2.85. The summed E-state index contributed by atoms with van der Waals surface area (Å²) in [5, 5.41) is 13.4. The van der Waals surface area contributed by atoms with E-state index in [1.54, 1.807) is 0 Å². The highest BCUT2D eigenvalue weighted by Crippen LogP contribution is 2.25. The third-order valence-electron chi connectivity index (χ3n) is 1.68. The second-order valence-corrected chi connectivity index (χ2v) is 2.70. The van der Waals surface area contributed by atoms with Gasteiger partial charge in [-0.15, -0.1) is 0 Å². The van der Waals surface area contributed by atoms with Crippen LogP contribution in [0.4, 0.5) is 11.5 Å². The number of hydrogen-bond acceptors (Lipinski definition) is 6. The van der Waals surface area contributed by atoms with E-state index < -0.39 is 4.92 Å². The van der Waals surface area contributed by atoms with E-state index in [1.165, 1.54) is 19.2 Å². The van der Waals surface area contributed by atoms with Gasteiger partial charge in [-0.25, -0.2) is 0 Å². The Morgan fingerprint density at radius 3 is 2.93 bits per heavy atom. The van der Waals surface area contributed by atoms with Crippen molar-refractivity contribution >= 4 is 11.5 Å². The fourth-order valence-corrected chi connectivity index (χ4v) is 1.02. The molecule has 0 bridgehead atoms. The van der Waals surface area contributed by atoms with E-state index in [4.69, 9.17) is 10.5 Å². The van der Waals surface area contributed by atoms with Gasteiger partial charge >= 0.3 is 5.69 Å². The van der Waals surface area contributed by atoms with E-state index in [2.05, 4.69) is 10.3 Å². The van der Waals surface area contributed by atoms with Gasteiger partial charge in [-0.2, -0.15) is 4.98 Å². The van der Waals surface area contributed by atoms with Crippen molar-refractivity contribution in [3.63, 3.8) is 0 Å². The Morgan fingerprint density at radius 1 is 1.67 bits per heavy atom. The Bertz CT molecular complexity index is 356. The predicted molar refractivity (Wildman–Crippen MR) is 55.0 cm³/mol. The van der Waals surface area contributed by atoms with Crippen LogP contribution in [0.15, 0.2) is 12.1 Å². The molecule has 0 fully saturated rings. The standard InChI is InChI=1S/C8H12N4O3/c1-15-8-6(12(13)14)2-3-7(11-8)10-5-4-9/h2-3H,4-5,9H2,1H3,(H,10,11). The molecule has 7 heteroatoms. The molecule has 1 rings (SSSR count). The van der Waals surface area contributed by atoms with Crippen LogP contribution in [0.3, 0.4) is 0 Å². The summed E-state index contributed by atoms with van der Waals surface area (Å²) in [5.41, 5.74) is 5.14. The first kappa shape index (κ1) is 11.2. The first-order valence-electron chi connectivity index (χ1n) is 4.32. The maximum absolute atomic E-state index is 10.6. The minimum atomic E-state index is -0.543. The van der Waals surface area contributed by atoms with Crippen LogP contribution in [0.1, 0.15) is 0 Å². The van der Waals surface area contributed by atoms with Gasteiger partial charge in [0.1, 0.15) is 5.82 Å². The lowest BCUT2D eigenvalue weighted by Gasteiger charge is -2.05. The fraction of sp³-hybridized carbons (Fsp3) is 0.375. The first-order valence-corrected chi connectivity index (χ1v) is 4.32. The van der Waals surface area contributed by atoms with Gasteiger partial charge < -0.3 is 15.8 Å². The summed E-state index contributed by atoms with van der Waals surface area (Å²) >= 11 is 0. The van der Waals surface area contributed by atoms with Gasteiger partial charge in [0.25, 0.3) is 5.88 Å². The monoisotopic (exact) mass is 212 g/mol. The topological polar surface area (TPSA) is 103 Å². The van der Waals surface area contributed by atoms with Crippen molar-refractivity contribution in [1.29, 1.82) is 0 Å². The Hall–Kier alpha value is -1.89. The number of methoxy groups -OCH3 is 1. The summed E-state index contributed by atoms with van der Waals surface area (Å²) in [4.78, 5) is 13.9. The molecule has 1 heterocycles. The quantitative estimate of drug-likeness (QED) is 0.539. The molecule has 0 aliphatic rings. The molecule has 7 nitrogen and oxygen atoms in total. The van der Waals surface area contributed by atoms with E-state index in [0.29, 0.717) is 18.9 Å². The average molecular weight is 212 g/mol. The number of nitro groups is 1. The summed E-state index contributed by atoms with van der Waals surface area (Å²) in [7, 11) is 1.34. The van der Waals surface area contributed by atoms with Crippen LogP contribution in [0.2, 0.25) is 0 Å². The fourth-order valence-electron chi connectivity index (χ4n) is 1.02. The molecule has 0 atom stereocenters. The zero-order valence-electron chi connectivity index (χ0n) is 8.27. The SMILES string of the molecule is COc1nc(NCCN)ccc1[N+](=O)[O-]. The molecule has 0 saturated carbocycles. The lowest BCUT2D eigenvalue weighted by molar-refractivity contribution is -0.386. The van der Waals surface area contributed by atoms with Gasteiger partial charge in [-0.05, 0) is 6.07 Å². The van der Waals surface area contributed by atoms with Crippen molar-refractivity contribution < 1.29 is 9.66 Å². The normalized spacial score (nSPS) is 9.73. The Kier molecular flexibility index (Phi) is 3.81. The molecule has 1 aromatic rings. The molecule has 0 spiro atoms. The summed E-state index contributed by atoms with van der Waals surface area (Å²) < 4.78 is 4.80. The Morgan fingerprint density at radius 2 is 2.40 bits per heavy atom. The second kappa shape index (κ2) is 5.11. The first-order chi connectivity index (χ1) is 7.19. The van der Waals surface area contributed by atoms with Crippen LogP contribution in [-0.2, 0) is 0 Å². The number of rotatable bonds is 5. The number of nitrogens with zero attached hydrogens (tertiary/aromatic N) is 2. The minimum absolute atomic E-state index is 0.0120. The van der Waals surface area contributed by atoms with Crippen molar-refractivity contribution in [2.45, 2.75) is 0 Å². The molecule has 0 aromatic carbocycles. The zero-order valence-corrected chi connectivity index (χ0v) is 8.27. The third kappa shape index (κ3) is 2.78. The number of ether oxygens (including phenoxy) is 1. The summed E-state index contributed by atoms with van der Waals surface area (Å²) in [6.07, 6.45) is 0. The molecular weight excluding hydrogens is 200 g/mol. The summed E-state index contributed by atoms with van der Waals surface area (Å²) in [5.74, 6) is 0.491. The molecule has 0 unspecified atom stereocenters.